The van der Waals surface area contributed by atoms with Gasteiger partial charge in [0.1, 0.15) is 17.3 Å². The minimum absolute atomic E-state index is 0.429. The zero-order valence-corrected chi connectivity index (χ0v) is 8.65. The van der Waals surface area contributed by atoms with Gasteiger partial charge in [-0.2, -0.15) is 0 Å². The summed E-state index contributed by atoms with van der Waals surface area (Å²) in [4.78, 5) is 11.8. The Balaban J connectivity index is 1.99. The van der Waals surface area contributed by atoms with Crippen molar-refractivity contribution in [2.75, 3.05) is 5.32 Å². The molecule has 1 N–H and O–H groups in total. The van der Waals surface area contributed by atoms with E-state index in [-0.39, 0.29) is 0 Å². The highest BCUT2D eigenvalue weighted by Gasteiger charge is 1.96. The quantitative estimate of drug-likeness (QED) is 0.806. The number of hydrogen-bond donors (Lipinski definition) is 1. The summed E-state index contributed by atoms with van der Waals surface area (Å²) in [5, 5.41) is 3.56. The van der Waals surface area contributed by atoms with Crippen LogP contribution in [0.2, 0.25) is 5.15 Å². The van der Waals surface area contributed by atoms with E-state index >= 15 is 0 Å². The third-order valence-corrected chi connectivity index (χ3v) is 2.04. The lowest BCUT2D eigenvalue weighted by Crippen LogP contribution is -2.01. The zero-order valence-electron chi connectivity index (χ0n) is 7.89. The molecule has 0 saturated carbocycles. The molecule has 2 aromatic rings. The molecule has 2 rings (SSSR count). The number of nitrogens with zero attached hydrogens (tertiary/aromatic N) is 3. The summed E-state index contributed by atoms with van der Waals surface area (Å²) in [6.45, 7) is 0.668. The van der Waals surface area contributed by atoms with E-state index < -0.39 is 0 Å². The lowest BCUT2D eigenvalue weighted by Gasteiger charge is -2.04. The van der Waals surface area contributed by atoms with Gasteiger partial charge >= 0.3 is 0 Å². The van der Waals surface area contributed by atoms with E-state index in [0.717, 1.165) is 5.56 Å². The molecule has 0 bridgehead atoms. The van der Waals surface area contributed by atoms with Crippen molar-refractivity contribution in [1.82, 2.24) is 15.0 Å². The first-order chi connectivity index (χ1) is 7.34. The first kappa shape index (κ1) is 9.86. The molecule has 0 spiro atoms. The molecule has 5 heteroatoms. The van der Waals surface area contributed by atoms with Gasteiger partial charge in [0, 0.05) is 25.0 Å². The largest absolute Gasteiger partial charge is 0.366 e. The standard InChI is InChI=1S/C10H9ClN4/c11-9-4-10(15-7-14-9)13-6-8-2-1-3-12-5-8/h1-5,7H,6H2,(H,13,14,15). The van der Waals surface area contributed by atoms with E-state index in [1.807, 2.05) is 12.1 Å². The highest BCUT2D eigenvalue weighted by atomic mass is 35.5. The average Bonchev–Trinajstić information content (AvgIpc) is 2.28. The number of hydrogen-bond acceptors (Lipinski definition) is 4. The van der Waals surface area contributed by atoms with Gasteiger partial charge in [0.05, 0.1) is 0 Å². The molecule has 0 amide bonds. The smallest absolute Gasteiger partial charge is 0.134 e. The van der Waals surface area contributed by atoms with Crippen LogP contribution < -0.4 is 5.32 Å². The molecule has 0 aliphatic heterocycles. The molecule has 2 heterocycles. The van der Waals surface area contributed by atoms with Crippen molar-refractivity contribution >= 4 is 17.4 Å². The van der Waals surface area contributed by atoms with Crippen LogP contribution in [0.15, 0.2) is 36.9 Å². The summed E-state index contributed by atoms with van der Waals surface area (Å²) in [5.41, 5.74) is 1.09. The van der Waals surface area contributed by atoms with Crippen molar-refractivity contribution in [2.24, 2.45) is 0 Å². The van der Waals surface area contributed by atoms with Crippen LogP contribution in [0.4, 0.5) is 5.82 Å². The fourth-order valence-corrected chi connectivity index (χ4v) is 1.27. The molecular formula is C10H9ClN4. The number of anilines is 1. The Kier molecular flexibility index (Phi) is 3.09. The van der Waals surface area contributed by atoms with Gasteiger partial charge < -0.3 is 5.32 Å². The second kappa shape index (κ2) is 4.70. The molecule has 0 fully saturated rings. The van der Waals surface area contributed by atoms with Crippen LogP contribution >= 0.6 is 11.6 Å². The Hall–Kier alpha value is -1.68. The maximum atomic E-state index is 5.72. The predicted molar refractivity (Wildman–Crippen MR) is 58.6 cm³/mol. The number of pyridine rings is 1. The first-order valence-electron chi connectivity index (χ1n) is 4.45. The van der Waals surface area contributed by atoms with E-state index in [2.05, 4.69) is 20.3 Å². The van der Waals surface area contributed by atoms with Crippen LogP contribution in [0.5, 0.6) is 0 Å². The lowest BCUT2D eigenvalue weighted by atomic mass is 10.3. The molecule has 0 saturated heterocycles. The van der Waals surface area contributed by atoms with Crippen molar-refractivity contribution in [1.29, 1.82) is 0 Å². The molecule has 0 unspecified atom stereocenters. The zero-order chi connectivity index (χ0) is 10.5. The Morgan fingerprint density at radius 1 is 1.33 bits per heavy atom. The number of aromatic nitrogens is 3. The third-order valence-electron chi connectivity index (χ3n) is 1.83. The summed E-state index contributed by atoms with van der Waals surface area (Å²) in [6, 6.07) is 5.56. The monoisotopic (exact) mass is 220 g/mol. The van der Waals surface area contributed by atoms with E-state index in [4.69, 9.17) is 11.6 Å². The van der Waals surface area contributed by atoms with Crippen LogP contribution in [0, 0.1) is 0 Å². The summed E-state index contributed by atoms with van der Waals surface area (Å²) in [6.07, 6.45) is 4.97. The van der Waals surface area contributed by atoms with E-state index in [9.17, 15) is 0 Å². The minimum Gasteiger partial charge on any atom is -0.366 e. The Labute approximate surface area is 92.4 Å². The van der Waals surface area contributed by atoms with E-state index in [1.165, 1.54) is 6.33 Å². The molecule has 0 atom stereocenters. The van der Waals surface area contributed by atoms with Crippen LogP contribution in [-0.4, -0.2) is 15.0 Å². The summed E-state index contributed by atoms with van der Waals surface area (Å²) in [5.74, 6) is 0.707. The maximum absolute atomic E-state index is 5.72. The third kappa shape index (κ3) is 2.89. The Morgan fingerprint density at radius 2 is 2.27 bits per heavy atom. The Morgan fingerprint density at radius 3 is 3.00 bits per heavy atom. The topological polar surface area (TPSA) is 50.7 Å². The number of nitrogens with one attached hydrogen (secondary N) is 1. The number of halogens is 1. The normalized spacial score (nSPS) is 9.93. The van der Waals surface area contributed by atoms with Gasteiger partial charge in [-0.1, -0.05) is 17.7 Å². The highest BCUT2D eigenvalue weighted by Crippen LogP contribution is 2.09. The van der Waals surface area contributed by atoms with Crippen molar-refractivity contribution in [2.45, 2.75) is 6.54 Å². The molecule has 2 aromatic heterocycles. The summed E-state index contributed by atoms with van der Waals surface area (Å²) < 4.78 is 0. The van der Waals surface area contributed by atoms with Crippen molar-refractivity contribution in [3.8, 4) is 0 Å². The van der Waals surface area contributed by atoms with Gasteiger partial charge in [0.2, 0.25) is 0 Å². The van der Waals surface area contributed by atoms with Crippen LogP contribution in [0.3, 0.4) is 0 Å². The molecule has 15 heavy (non-hydrogen) atoms. The van der Waals surface area contributed by atoms with Crippen molar-refractivity contribution in [3.05, 3.63) is 47.6 Å². The Bertz CT molecular complexity index is 432. The average molecular weight is 221 g/mol. The van der Waals surface area contributed by atoms with Crippen molar-refractivity contribution < 1.29 is 0 Å². The van der Waals surface area contributed by atoms with Crippen molar-refractivity contribution in [3.63, 3.8) is 0 Å². The lowest BCUT2D eigenvalue weighted by molar-refractivity contribution is 1.07. The second-order valence-electron chi connectivity index (χ2n) is 2.94. The van der Waals surface area contributed by atoms with Gasteiger partial charge in [-0.15, -0.1) is 0 Å². The van der Waals surface area contributed by atoms with Gasteiger partial charge in [-0.05, 0) is 11.6 Å². The maximum Gasteiger partial charge on any atom is 0.134 e. The fourth-order valence-electron chi connectivity index (χ4n) is 1.13. The van der Waals surface area contributed by atoms with Gasteiger partial charge in [0.15, 0.2) is 0 Å². The fraction of sp³-hybridized carbons (Fsp3) is 0.100. The molecule has 76 valence electrons. The van der Waals surface area contributed by atoms with Crippen LogP contribution in [-0.2, 0) is 6.54 Å². The van der Waals surface area contributed by atoms with Gasteiger partial charge in [-0.3, -0.25) is 4.98 Å². The predicted octanol–water partition coefficient (Wildman–Crippen LogP) is 2.14. The molecule has 0 aliphatic carbocycles. The van der Waals surface area contributed by atoms with Gasteiger partial charge in [0.25, 0.3) is 0 Å². The molecular weight excluding hydrogens is 212 g/mol. The summed E-state index contributed by atoms with van der Waals surface area (Å²) in [7, 11) is 0. The van der Waals surface area contributed by atoms with E-state index in [0.29, 0.717) is 17.5 Å². The van der Waals surface area contributed by atoms with Crippen LogP contribution in [0.25, 0.3) is 0 Å². The molecule has 0 aliphatic rings. The number of rotatable bonds is 3. The van der Waals surface area contributed by atoms with Crippen LogP contribution in [0.1, 0.15) is 5.56 Å². The molecule has 0 radical (unpaired) electrons. The minimum atomic E-state index is 0.429. The highest BCUT2D eigenvalue weighted by molar-refractivity contribution is 6.29. The first-order valence-corrected chi connectivity index (χ1v) is 4.83. The molecule has 0 aromatic carbocycles. The van der Waals surface area contributed by atoms with Gasteiger partial charge in [-0.25, -0.2) is 9.97 Å². The summed E-state index contributed by atoms with van der Waals surface area (Å²) >= 11 is 5.72. The SMILES string of the molecule is Clc1cc(NCc2cccnc2)ncn1. The molecule has 4 nitrogen and oxygen atoms in total. The second-order valence-corrected chi connectivity index (χ2v) is 3.33. The van der Waals surface area contributed by atoms with E-state index in [1.54, 1.807) is 18.5 Å².